The van der Waals surface area contributed by atoms with Crippen LogP contribution in [0.25, 0.3) is 11.1 Å². The molecule has 120 valence electrons. The van der Waals surface area contributed by atoms with Crippen molar-refractivity contribution >= 4 is 18.0 Å². The summed E-state index contributed by atoms with van der Waals surface area (Å²) in [7, 11) is 0. The van der Waals surface area contributed by atoms with E-state index >= 15 is 0 Å². The number of benzene rings is 3. The largest absolute Gasteiger partial charge is 0.489 e. The highest BCUT2D eigenvalue weighted by molar-refractivity contribution is 7.98. The first kappa shape index (κ1) is 16.3. The summed E-state index contributed by atoms with van der Waals surface area (Å²) in [6.07, 6.45) is 2.93. The molecule has 0 heterocycles. The SMILES string of the molecule is CSc1ccccc1-c1cc(OCc2ccccc2)ccc1C=O. The quantitative estimate of drug-likeness (QED) is 0.442. The van der Waals surface area contributed by atoms with E-state index < -0.39 is 0 Å². The van der Waals surface area contributed by atoms with Gasteiger partial charge in [0.1, 0.15) is 12.4 Å². The molecule has 0 fully saturated rings. The summed E-state index contributed by atoms with van der Waals surface area (Å²) < 4.78 is 5.90. The lowest BCUT2D eigenvalue weighted by Gasteiger charge is -2.13. The maximum Gasteiger partial charge on any atom is 0.150 e. The highest BCUT2D eigenvalue weighted by Crippen LogP contribution is 2.34. The van der Waals surface area contributed by atoms with E-state index in [0.717, 1.165) is 33.6 Å². The van der Waals surface area contributed by atoms with Gasteiger partial charge in [-0.3, -0.25) is 4.79 Å². The highest BCUT2D eigenvalue weighted by Gasteiger charge is 2.10. The summed E-state index contributed by atoms with van der Waals surface area (Å²) in [6.45, 7) is 0.505. The predicted octanol–water partition coefficient (Wildman–Crippen LogP) is 5.47. The number of hydrogen-bond acceptors (Lipinski definition) is 3. The Bertz CT molecular complexity index is 828. The smallest absolute Gasteiger partial charge is 0.150 e. The summed E-state index contributed by atoms with van der Waals surface area (Å²) >= 11 is 1.67. The van der Waals surface area contributed by atoms with Crippen molar-refractivity contribution in [3.8, 4) is 16.9 Å². The molecule has 0 unspecified atom stereocenters. The van der Waals surface area contributed by atoms with Crippen LogP contribution in [0, 0.1) is 0 Å². The van der Waals surface area contributed by atoms with E-state index in [9.17, 15) is 4.79 Å². The maximum absolute atomic E-state index is 11.4. The van der Waals surface area contributed by atoms with Crippen molar-refractivity contribution < 1.29 is 9.53 Å². The van der Waals surface area contributed by atoms with E-state index in [1.807, 2.05) is 73.0 Å². The molecule has 3 heteroatoms. The molecule has 0 aromatic heterocycles. The van der Waals surface area contributed by atoms with Crippen LogP contribution in [-0.4, -0.2) is 12.5 Å². The topological polar surface area (TPSA) is 26.3 Å². The summed E-state index contributed by atoms with van der Waals surface area (Å²) in [6, 6.07) is 23.7. The van der Waals surface area contributed by atoms with Gasteiger partial charge < -0.3 is 4.74 Å². The van der Waals surface area contributed by atoms with Crippen molar-refractivity contribution in [2.45, 2.75) is 11.5 Å². The van der Waals surface area contributed by atoms with Crippen molar-refractivity contribution in [3.05, 3.63) is 83.9 Å². The fourth-order valence-electron chi connectivity index (χ4n) is 2.57. The molecule has 2 nitrogen and oxygen atoms in total. The van der Waals surface area contributed by atoms with Crippen LogP contribution in [0.1, 0.15) is 15.9 Å². The van der Waals surface area contributed by atoms with Crippen molar-refractivity contribution in [2.24, 2.45) is 0 Å². The fourth-order valence-corrected chi connectivity index (χ4v) is 3.18. The first-order chi connectivity index (χ1) is 11.8. The molecule has 0 amide bonds. The summed E-state index contributed by atoms with van der Waals surface area (Å²) in [5, 5.41) is 0. The number of hydrogen-bond donors (Lipinski definition) is 0. The van der Waals surface area contributed by atoms with Gasteiger partial charge in [0.25, 0.3) is 0 Å². The average molecular weight is 334 g/mol. The summed E-state index contributed by atoms with van der Waals surface area (Å²) in [5.41, 5.74) is 3.74. The summed E-state index contributed by atoms with van der Waals surface area (Å²) in [5.74, 6) is 0.760. The molecule has 0 aliphatic rings. The molecule has 0 atom stereocenters. The van der Waals surface area contributed by atoms with E-state index in [-0.39, 0.29) is 0 Å². The van der Waals surface area contributed by atoms with Crippen LogP contribution < -0.4 is 4.74 Å². The summed E-state index contributed by atoms with van der Waals surface area (Å²) in [4.78, 5) is 12.6. The molecule has 0 spiro atoms. The van der Waals surface area contributed by atoms with E-state index in [4.69, 9.17) is 4.74 Å². The normalized spacial score (nSPS) is 10.4. The van der Waals surface area contributed by atoms with Gasteiger partial charge in [0.05, 0.1) is 0 Å². The maximum atomic E-state index is 11.4. The minimum Gasteiger partial charge on any atom is -0.489 e. The molecule has 0 saturated carbocycles. The Morgan fingerprint density at radius 3 is 2.42 bits per heavy atom. The van der Waals surface area contributed by atoms with Gasteiger partial charge in [-0.2, -0.15) is 0 Å². The standard InChI is InChI=1S/C21H18O2S/c1-24-21-10-6-5-9-19(21)20-13-18(12-11-17(20)14-22)23-15-16-7-3-2-4-8-16/h2-14H,15H2,1H3. The second-order valence-corrected chi connectivity index (χ2v) is 6.19. The van der Waals surface area contributed by atoms with Crippen LogP contribution in [0.5, 0.6) is 5.75 Å². The van der Waals surface area contributed by atoms with Crippen LogP contribution in [0.4, 0.5) is 0 Å². The molecular weight excluding hydrogens is 316 g/mol. The Hall–Kier alpha value is -2.52. The van der Waals surface area contributed by atoms with Gasteiger partial charge in [-0.15, -0.1) is 11.8 Å². The van der Waals surface area contributed by atoms with Gasteiger partial charge in [0, 0.05) is 10.5 Å². The van der Waals surface area contributed by atoms with Crippen molar-refractivity contribution in [2.75, 3.05) is 6.26 Å². The van der Waals surface area contributed by atoms with Gasteiger partial charge in [0.15, 0.2) is 6.29 Å². The Morgan fingerprint density at radius 2 is 1.67 bits per heavy atom. The molecule has 0 radical (unpaired) electrons. The van der Waals surface area contributed by atoms with Crippen LogP contribution in [-0.2, 0) is 6.61 Å². The Balaban J connectivity index is 1.92. The third-order valence-electron chi connectivity index (χ3n) is 3.80. The fraction of sp³-hybridized carbons (Fsp3) is 0.0952. The van der Waals surface area contributed by atoms with Gasteiger partial charge in [-0.25, -0.2) is 0 Å². The molecule has 0 aliphatic heterocycles. The van der Waals surface area contributed by atoms with E-state index in [1.165, 1.54) is 0 Å². The minimum absolute atomic E-state index is 0.505. The van der Waals surface area contributed by atoms with Gasteiger partial charge >= 0.3 is 0 Å². The molecule has 0 aliphatic carbocycles. The Kier molecular flexibility index (Phi) is 5.34. The zero-order chi connectivity index (χ0) is 16.8. The van der Waals surface area contributed by atoms with E-state index in [0.29, 0.717) is 12.2 Å². The number of aldehydes is 1. The molecule has 3 aromatic rings. The van der Waals surface area contributed by atoms with Gasteiger partial charge in [-0.05, 0) is 47.2 Å². The van der Waals surface area contributed by atoms with Gasteiger partial charge in [0.2, 0.25) is 0 Å². The van der Waals surface area contributed by atoms with E-state index in [1.54, 1.807) is 11.8 Å². The number of ether oxygens (including phenoxy) is 1. The number of carbonyl (C=O) groups is 1. The lowest BCUT2D eigenvalue weighted by molar-refractivity contribution is 0.112. The second kappa shape index (κ2) is 7.84. The lowest BCUT2D eigenvalue weighted by Crippen LogP contribution is -1.97. The molecule has 3 rings (SSSR count). The number of rotatable bonds is 6. The van der Waals surface area contributed by atoms with E-state index in [2.05, 4.69) is 6.07 Å². The van der Waals surface area contributed by atoms with Gasteiger partial charge in [-0.1, -0.05) is 48.5 Å². The zero-order valence-corrected chi connectivity index (χ0v) is 14.3. The average Bonchev–Trinajstić information content (AvgIpc) is 2.67. The molecule has 0 bridgehead atoms. The van der Waals surface area contributed by atoms with Crippen molar-refractivity contribution in [3.63, 3.8) is 0 Å². The van der Waals surface area contributed by atoms with Crippen LogP contribution >= 0.6 is 11.8 Å². The first-order valence-corrected chi connectivity index (χ1v) is 8.93. The van der Waals surface area contributed by atoms with Crippen LogP contribution in [0.2, 0.25) is 0 Å². The third-order valence-corrected chi connectivity index (χ3v) is 4.59. The van der Waals surface area contributed by atoms with Crippen LogP contribution in [0.3, 0.4) is 0 Å². The molecule has 0 saturated heterocycles. The van der Waals surface area contributed by atoms with Crippen molar-refractivity contribution in [1.29, 1.82) is 0 Å². The number of thioether (sulfide) groups is 1. The minimum atomic E-state index is 0.505. The second-order valence-electron chi connectivity index (χ2n) is 5.34. The highest BCUT2D eigenvalue weighted by atomic mass is 32.2. The zero-order valence-electron chi connectivity index (χ0n) is 13.4. The monoisotopic (exact) mass is 334 g/mol. The predicted molar refractivity (Wildman–Crippen MR) is 99.8 cm³/mol. The first-order valence-electron chi connectivity index (χ1n) is 7.71. The molecule has 24 heavy (non-hydrogen) atoms. The van der Waals surface area contributed by atoms with Crippen molar-refractivity contribution in [1.82, 2.24) is 0 Å². The Morgan fingerprint density at radius 1 is 0.917 bits per heavy atom. The number of carbonyl (C=O) groups excluding carboxylic acids is 1. The lowest BCUT2D eigenvalue weighted by atomic mass is 10.00. The molecule has 0 N–H and O–H groups in total. The van der Waals surface area contributed by atoms with Crippen LogP contribution in [0.15, 0.2) is 77.7 Å². The molecule has 3 aromatic carbocycles. The Labute approximate surface area is 146 Å². The molecular formula is C21H18O2S. The third kappa shape index (κ3) is 3.69.